The third-order valence-electron chi connectivity index (χ3n) is 2.51. The zero-order valence-electron chi connectivity index (χ0n) is 8.33. The van der Waals surface area contributed by atoms with E-state index in [0.717, 1.165) is 27.7 Å². The lowest BCUT2D eigenvalue weighted by atomic mass is 10.0. The van der Waals surface area contributed by atoms with Crippen molar-refractivity contribution in [1.29, 1.82) is 0 Å². The van der Waals surface area contributed by atoms with E-state index in [0.29, 0.717) is 0 Å². The second kappa shape index (κ2) is 3.27. The number of aryl methyl sites for hydroxylation is 2. The molecule has 0 fully saturated rings. The van der Waals surface area contributed by atoms with Gasteiger partial charge in [-0.1, -0.05) is 6.07 Å². The molecule has 2 aromatic rings. The van der Waals surface area contributed by atoms with Gasteiger partial charge in [-0.15, -0.1) is 0 Å². The summed E-state index contributed by atoms with van der Waals surface area (Å²) in [4.78, 5) is 4.35. The van der Waals surface area contributed by atoms with Crippen molar-refractivity contribution in [3.8, 4) is 0 Å². The first kappa shape index (κ1) is 8.97. The van der Waals surface area contributed by atoms with Gasteiger partial charge in [-0.05, 0) is 37.1 Å². The van der Waals surface area contributed by atoms with E-state index in [9.17, 15) is 0 Å². The summed E-state index contributed by atoms with van der Waals surface area (Å²) in [5, 5.41) is 1.15. The molecule has 72 valence electrons. The highest BCUT2D eigenvalue weighted by Crippen LogP contribution is 2.26. The van der Waals surface area contributed by atoms with Crippen LogP contribution in [0, 0.1) is 13.8 Å². The van der Waals surface area contributed by atoms with E-state index in [-0.39, 0.29) is 0 Å². The molecule has 3 N–H and O–H groups in total. The standard InChI is InChI=1S/C11H13N3/c1-7-6-10(14-12)8(2)9-4-3-5-13-11(7)9/h3-6,14H,12H2,1-2H3. The minimum atomic E-state index is 0.961. The number of pyridine rings is 1. The van der Waals surface area contributed by atoms with Gasteiger partial charge in [0, 0.05) is 11.6 Å². The lowest BCUT2D eigenvalue weighted by molar-refractivity contribution is 1.29. The second-order valence-corrected chi connectivity index (χ2v) is 3.41. The van der Waals surface area contributed by atoms with E-state index < -0.39 is 0 Å². The predicted molar refractivity (Wildman–Crippen MR) is 59.0 cm³/mol. The van der Waals surface area contributed by atoms with Crippen LogP contribution in [0.1, 0.15) is 11.1 Å². The van der Waals surface area contributed by atoms with Gasteiger partial charge in [-0.3, -0.25) is 10.8 Å². The largest absolute Gasteiger partial charge is 0.324 e. The number of hydrazine groups is 1. The molecule has 3 nitrogen and oxygen atoms in total. The predicted octanol–water partition coefficient (Wildman–Crippen LogP) is 2.14. The SMILES string of the molecule is Cc1c(NN)cc(C)c2ncccc12. The number of nitrogen functional groups attached to an aromatic ring is 1. The minimum Gasteiger partial charge on any atom is -0.324 e. The highest BCUT2D eigenvalue weighted by molar-refractivity contribution is 5.89. The van der Waals surface area contributed by atoms with Crippen molar-refractivity contribution in [3.05, 3.63) is 35.5 Å². The van der Waals surface area contributed by atoms with Gasteiger partial charge in [0.05, 0.1) is 11.2 Å². The summed E-state index contributed by atoms with van der Waals surface area (Å²) in [6.45, 7) is 4.08. The van der Waals surface area contributed by atoms with Crippen LogP contribution in [0.4, 0.5) is 5.69 Å². The number of nitrogens with zero attached hydrogens (tertiary/aromatic N) is 1. The molecule has 0 saturated carbocycles. The topological polar surface area (TPSA) is 50.9 Å². The van der Waals surface area contributed by atoms with Crippen LogP contribution < -0.4 is 11.3 Å². The van der Waals surface area contributed by atoms with E-state index in [1.54, 1.807) is 0 Å². The first-order valence-corrected chi connectivity index (χ1v) is 4.55. The van der Waals surface area contributed by atoms with Crippen molar-refractivity contribution in [2.75, 3.05) is 5.43 Å². The zero-order chi connectivity index (χ0) is 10.1. The van der Waals surface area contributed by atoms with Crippen LogP contribution in [-0.4, -0.2) is 4.98 Å². The molecular weight excluding hydrogens is 174 g/mol. The number of rotatable bonds is 1. The van der Waals surface area contributed by atoms with Crippen molar-refractivity contribution in [3.63, 3.8) is 0 Å². The fourth-order valence-corrected chi connectivity index (χ4v) is 1.71. The molecule has 0 atom stereocenters. The molecular formula is C11H13N3. The lowest BCUT2D eigenvalue weighted by Gasteiger charge is -2.10. The number of nitrogens with two attached hydrogens (primary N) is 1. The van der Waals surface area contributed by atoms with Gasteiger partial charge in [-0.25, -0.2) is 0 Å². The second-order valence-electron chi connectivity index (χ2n) is 3.41. The Labute approximate surface area is 82.9 Å². The summed E-state index contributed by atoms with van der Waals surface area (Å²) in [6, 6.07) is 6.02. The van der Waals surface area contributed by atoms with Crippen LogP contribution in [0.2, 0.25) is 0 Å². The maximum Gasteiger partial charge on any atom is 0.0735 e. The van der Waals surface area contributed by atoms with Crippen LogP contribution in [0.25, 0.3) is 10.9 Å². The molecule has 3 heteroatoms. The molecule has 2 rings (SSSR count). The van der Waals surface area contributed by atoms with Crippen LogP contribution in [0.3, 0.4) is 0 Å². The van der Waals surface area contributed by atoms with Gasteiger partial charge >= 0.3 is 0 Å². The van der Waals surface area contributed by atoms with Gasteiger partial charge in [0.1, 0.15) is 0 Å². The quantitative estimate of drug-likeness (QED) is 0.531. The molecule has 0 aliphatic rings. The van der Waals surface area contributed by atoms with Crippen LogP contribution >= 0.6 is 0 Å². The number of nitrogens with one attached hydrogen (secondary N) is 1. The summed E-state index contributed by atoms with van der Waals surface area (Å²) in [5.41, 5.74) is 6.99. The van der Waals surface area contributed by atoms with E-state index in [4.69, 9.17) is 5.84 Å². The average molecular weight is 187 g/mol. The molecule has 1 aromatic carbocycles. The third-order valence-corrected chi connectivity index (χ3v) is 2.51. The molecule has 0 spiro atoms. The molecule has 1 aromatic heterocycles. The van der Waals surface area contributed by atoms with Gasteiger partial charge in [0.25, 0.3) is 0 Å². The van der Waals surface area contributed by atoms with Crippen molar-refractivity contribution in [2.24, 2.45) is 5.84 Å². The number of benzene rings is 1. The lowest BCUT2D eigenvalue weighted by Crippen LogP contribution is -2.08. The molecule has 0 aliphatic carbocycles. The molecule has 0 aliphatic heterocycles. The van der Waals surface area contributed by atoms with E-state index in [1.165, 1.54) is 0 Å². The van der Waals surface area contributed by atoms with Crippen molar-refractivity contribution >= 4 is 16.6 Å². The molecule has 0 radical (unpaired) electrons. The summed E-state index contributed by atoms with van der Waals surface area (Å²) in [7, 11) is 0. The van der Waals surface area contributed by atoms with Crippen LogP contribution in [0.5, 0.6) is 0 Å². The Morgan fingerprint density at radius 1 is 1.36 bits per heavy atom. The Kier molecular flexibility index (Phi) is 2.09. The Bertz CT molecular complexity index is 477. The Morgan fingerprint density at radius 3 is 2.86 bits per heavy atom. The summed E-state index contributed by atoms with van der Waals surface area (Å²) in [5.74, 6) is 5.44. The number of fused-ring (bicyclic) bond motifs is 1. The van der Waals surface area contributed by atoms with E-state index >= 15 is 0 Å². The zero-order valence-corrected chi connectivity index (χ0v) is 8.33. The highest BCUT2D eigenvalue weighted by atomic mass is 15.2. The summed E-state index contributed by atoms with van der Waals surface area (Å²) >= 11 is 0. The van der Waals surface area contributed by atoms with Gasteiger partial charge in [0.2, 0.25) is 0 Å². The summed E-state index contributed by atoms with van der Waals surface area (Å²) in [6.07, 6.45) is 1.81. The molecule has 1 heterocycles. The summed E-state index contributed by atoms with van der Waals surface area (Å²) < 4.78 is 0. The smallest absolute Gasteiger partial charge is 0.0735 e. The number of aromatic nitrogens is 1. The van der Waals surface area contributed by atoms with E-state index in [2.05, 4.69) is 16.5 Å². The number of anilines is 1. The van der Waals surface area contributed by atoms with Gasteiger partial charge < -0.3 is 5.43 Å². The van der Waals surface area contributed by atoms with E-state index in [1.807, 2.05) is 32.2 Å². The number of hydrogen-bond acceptors (Lipinski definition) is 3. The third kappa shape index (κ3) is 1.22. The normalized spacial score (nSPS) is 10.5. The monoisotopic (exact) mass is 187 g/mol. The molecule has 0 amide bonds. The fraction of sp³-hybridized carbons (Fsp3) is 0.182. The van der Waals surface area contributed by atoms with Crippen LogP contribution in [0.15, 0.2) is 24.4 Å². The molecule has 14 heavy (non-hydrogen) atoms. The van der Waals surface area contributed by atoms with Gasteiger partial charge in [-0.2, -0.15) is 0 Å². The fourth-order valence-electron chi connectivity index (χ4n) is 1.71. The molecule has 0 unspecified atom stereocenters. The van der Waals surface area contributed by atoms with Gasteiger partial charge in [0.15, 0.2) is 0 Å². The van der Waals surface area contributed by atoms with Crippen LogP contribution in [-0.2, 0) is 0 Å². The minimum absolute atomic E-state index is 0.961. The van der Waals surface area contributed by atoms with Crippen molar-refractivity contribution in [2.45, 2.75) is 13.8 Å². The highest BCUT2D eigenvalue weighted by Gasteiger charge is 2.05. The first-order chi connectivity index (χ1) is 6.74. The van der Waals surface area contributed by atoms with Crippen molar-refractivity contribution in [1.82, 2.24) is 4.98 Å². The Hall–Kier alpha value is -1.61. The Morgan fingerprint density at radius 2 is 2.14 bits per heavy atom. The molecule has 0 saturated heterocycles. The molecule has 0 bridgehead atoms. The first-order valence-electron chi connectivity index (χ1n) is 4.55. The van der Waals surface area contributed by atoms with Crippen molar-refractivity contribution < 1.29 is 0 Å². The number of hydrogen-bond donors (Lipinski definition) is 2. The maximum absolute atomic E-state index is 5.44. The average Bonchev–Trinajstić information content (AvgIpc) is 2.23. The maximum atomic E-state index is 5.44. The Balaban J connectivity index is 2.87.